The van der Waals surface area contributed by atoms with Gasteiger partial charge in [0.25, 0.3) is 0 Å². The van der Waals surface area contributed by atoms with Crippen molar-refractivity contribution in [1.29, 1.82) is 0 Å². The Kier molecular flexibility index (Phi) is 26.5. The average molecular weight is 1350 g/mol. The molecule has 24 N–H and O–H groups in total. The highest BCUT2D eigenvalue weighted by Gasteiger charge is 2.59. The minimum atomic E-state index is -2.32. The summed E-state index contributed by atoms with van der Waals surface area (Å²) < 4.78 is 87.1. The molecule has 0 aromatic heterocycles. The molecule has 0 aliphatic carbocycles. The topological polar surface area (TPSA) is 642 Å². The van der Waals surface area contributed by atoms with E-state index >= 15 is 0 Å². The zero-order valence-corrected chi connectivity index (χ0v) is 49.2. The third kappa shape index (κ3) is 16.3. The van der Waals surface area contributed by atoms with Crippen molar-refractivity contribution in [3.8, 4) is 0 Å². The fourth-order valence-electron chi connectivity index (χ4n) is 11.7. The number of aliphatic hydroxyl groups is 22. The maximum Gasteiger partial charge on any atom is 0.217 e. The van der Waals surface area contributed by atoms with E-state index in [0.29, 0.717) is 0 Å². The Balaban J connectivity index is 1.07. The molecule has 41 heteroatoms. The molecule has 0 bridgehead atoms. The summed E-state index contributed by atoms with van der Waals surface area (Å²) in [5.41, 5.74) is 0. The molecule has 92 heavy (non-hydrogen) atoms. The molecule has 8 fully saturated rings. The molecule has 534 valence electrons. The van der Waals surface area contributed by atoms with Gasteiger partial charge in [0, 0.05) is 13.8 Å². The lowest BCUT2D eigenvalue weighted by atomic mass is 9.93. The molecule has 0 saturated carbocycles. The van der Waals surface area contributed by atoms with Gasteiger partial charge >= 0.3 is 0 Å². The van der Waals surface area contributed by atoms with E-state index in [1.165, 1.54) is 6.92 Å². The number of rotatable bonds is 22. The van der Waals surface area contributed by atoms with Crippen LogP contribution in [0.4, 0.5) is 0 Å². The van der Waals surface area contributed by atoms with Crippen molar-refractivity contribution in [1.82, 2.24) is 10.6 Å². The molecule has 0 radical (unpaired) electrons. The highest BCUT2D eigenvalue weighted by molar-refractivity contribution is 5.73. The Morgan fingerprint density at radius 1 is 0.348 bits per heavy atom. The van der Waals surface area contributed by atoms with E-state index in [0.717, 1.165) is 13.8 Å². The van der Waals surface area contributed by atoms with Crippen molar-refractivity contribution in [2.45, 2.75) is 260 Å². The second-order valence-corrected chi connectivity index (χ2v) is 23.5. The number of hydrogen-bond donors (Lipinski definition) is 24. The SMILES string of the molecule is CC(=O)N[C@H]1[C@H](O[C@H]2[C@H](O[C@@H]3O[C@@H](C)[C@@H](O)[C@@H](O)[C@@H]3O)[C@@H](NC(C)=O)C(O)O[C@@H]2CO)O[C@H](CO)[C@@H](O[C@@H]2O[C@H](CO[C@H]3O[C@H](CO[C@H]4O[C@H](CO)[C@@H](O)[C@H](O)[C@@H]4O)[C@@H](O)[C@H](O[C@H]4O[C@H](CO)[C@@H](O)[C@H](O)[C@@H]4O)[C@@H]3O)[C@@H](O)[C@H](O)[C@@H]2O[C@@H]2OC[C@@H](O)[C@H](O)[C@H]2O)[C@@H]1O. The van der Waals surface area contributed by atoms with Gasteiger partial charge < -0.3 is 194 Å². The minimum Gasteiger partial charge on any atom is -0.394 e. The van der Waals surface area contributed by atoms with Crippen molar-refractivity contribution in [2.24, 2.45) is 0 Å². The first-order valence-electron chi connectivity index (χ1n) is 29.4. The van der Waals surface area contributed by atoms with Crippen LogP contribution in [0.25, 0.3) is 0 Å². The molecule has 0 aromatic rings. The lowest BCUT2D eigenvalue weighted by Crippen LogP contribution is -2.71. The molecular formula is C51H86N2O39. The van der Waals surface area contributed by atoms with Crippen molar-refractivity contribution in [3.63, 3.8) is 0 Å². The Labute approximate surface area is 521 Å². The number of nitrogens with one attached hydrogen (secondary N) is 2. The normalized spacial score (nSPS) is 51.2. The Bertz CT molecular complexity index is 2310. The summed E-state index contributed by atoms with van der Waals surface area (Å²) in [6, 6.07) is -3.58. The smallest absolute Gasteiger partial charge is 0.217 e. The third-order valence-electron chi connectivity index (χ3n) is 17.0. The fourth-order valence-corrected chi connectivity index (χ4v) is 11.7. The lowest BCUT2D eigenvalue weighted by molar-refractivity contribution is -0.391. The predicted octanol–water partition coefficient (Wildman–Crippen LogP) is -16.5. The first-order chi connectivity index (χ1) is 43.5. The fraction of sp³-hybridized carbons (Fsp3) is 0.961. The van der Waals surface area contributed by atoms with Crippen molar-refractivity contribution >= 4 is 11.8 Å². The van der Waals surface area contributed by atoms with Crippen molar-refractivity contribution in [2.75, 3.05) is 46.2 Å². The zero-order valence-electron chi connectivity index (χ0n) is 49.2. The molecule has 8 heterocycles. The van der Waals surface area contributed by atoms with Gasteiger partial charge in [-0.15, -0.1) is 0 Å². The molecule has 8 saturated heterocycles. The minimum absolute atomic E-state index is 0.690. The molecule has 2 amide bonds. The van der Waals surface area contributed by atoms with Crippen LogP contribution in [0.3, 0.4) is 0 Å². The summed E-state index contributed by atoms with van der Waals surface area (Å²) in [7, 11) is 0. The van der Waals surface area contributed by atoms with Crippen LogP contribution in [0.2, 0.25) is 0 Å². The molecule has 0 aromatic carbocycles. The zero-order chi connectivity index (χ0) is 67.6. The highest BCUT2D eigenvalue weighted by atomic mass is 16.8. The maximum atomic E-state index is 13.0. The molecule has 39 atom stereocenters. The van der Waals surface area contributed by atoms with Crippen LogP contribution in [-0.2, 0) is 80.6 Å². The monoisotopic (exact) mass is 1350 g/mol. The Morgan fingerprint density at radius 2 is 0.761 bits per heavy atom. The molecule has 8 aliphatic heterocycles. The van der Waals surface area contributed by atoms with Gasteiger partial charge in [-0.2, -0.15) is 0 Å². The van der Waals surface area contributed by atoms with Crippen LogP contribution < -0.4 is 10.6 Å². The molecule has 8 rings (SSSR count). The summed E-state index contributed by atoms with van der Waals surface area (Å²) in [4.78, 5) is 25.5. The predicted molar refractivity (Wildman–Crippen MR) is 280 cm³/mol. The highest BCUT2D eigenvalue weighted by Crippen LogP contribution is 2.38. The number of amides is 2. The number of aliphatic hydroxyl groups excluding tert-OH is 22. The van der Waals surface area contributed by atoms with Crippen molar-refractivity contribution in [3.05, 3.63) is 0 Å². The van der Waals surface area contributed by atoms with E-state index in [1.54, 1.807) is 0 Å². The average Bonchev–Trinajstić information content (AvgIpc) is 0.779. The summed E-state index contributed by atoms with van der Waals surface area (Å²) in [6.45, 7) is -3.36. The molecular weight excluding hydrogens is 1260 g/mol. The van der Waals surface area contributed by atoms with Gasteiger partial charge in [0.05, 0.1) is 52.4 Å². The first kappa shape index (κ1) is 75.2. The van der Waals surface area contributed by atoms with E-state index < -0.39 is 297 Å². The number of ether oxygens (including phenoxy) is 15. The van der Waals surface area contributed by atoms with E-state index in [2.05, 4.69) is 10.6 Å². The van der Waals surface area contributed by atoms with Crippen LogP contribution in [0.1, 0.15) is 20.8 Å². The standard InChI is InChI=1S/C51H86N2O39/c1-11-23(61)30(68)36(74)49(81-11)90-41-22(53-13(3)59)44(77)82-18(7-57)40(41)89-45-21(52-12(2)58)29(67)39(17(6-56)85-45)88-51-43(92-47-34(72)24(62)14(60)8-78-47)33(71)27(65)19(87-51)9-80-48-38(76)42(91-50-37(75)32(70)26(64)16(5-55)84-50)28(66)20(86-48)10-79-46-35(73)31(69)25(63)15(4-54)83-46/h11,14-51,54-57,60-77H,4-10H2,1-3H3,(H,52,58)(H,53,59)/t11-,14+,15+,16+,17+,18+,19+,20+,21+,22+,23+,24-,25+,26+,27+,28+,29+,30+,31-,32-,33-,34+,35-,36-,37-,38-,39+,40+,41+,42-,43-,44?,45-,46-,47-,48-,49-,50+,51-/m0/s1. The van der Waals surface area contributed by atoms with E-state index in [1.807, 2.05) is 0 Å². The summed E-state index contributed by atoms with van der Waals surface area (Å²) in [5.74, 6) is -1.72. The number of carbonyl (C=O) groups excluding carboxylic acids is 2. The van der Waals surface area contributed by atoms with Gasteiger partial charge in [0.15, 0.2) is 50.3 Å². The molecule has 0 spiro atoms. The summed E-state index contributed by atoms with van der Waals surface area (Å²) >= 11 is 0. The van der Waals surface area contributed by atoms with Crippen LogP contribution in [0.5, 0.6) is 0 Å². The summed E-state index contributed by atoms with van der Waals surface area (Å²) in [6.07, 6.45) is -72.0. The van der Waals surface area contributed by atoms with Crippen LogP contribution in [0.15, 0.2) is 0 Å². The van der Waals surface area contributed by atoms with E-state index in [9.17, 15) is 122 Å². The Morgan fingerprint density at radius 3 is 1.34 bits per heavy atom. The lowest BCUT2D eigenvalue weighted by Gasteiger charge is -2.51. The maximum absolute atomic E-state index is 13.0. The number of hydrogen-bond acceptors (Lipinski definition) is 39. The van der Waals surface area contributed by atoms with Gasteiger partial charge in [-0.25, -0.2) is 0 Å². The van der Waals surface area contributed by atoms with Crippen LogP contribution in [-0.4, -0.2) is 410 Å². The largest absolute Gasteiger partial charge is 0.394 e. The van der Waals surface area contributed by atoms with Gasteiger partial charge in [0.1, 0.15) is 183 Å². The summed E-state index contributed by atoms with van der Waals surface area (Å²) in [5, 5.41) is 243. The number of carbonyl (C=O) groups is 2. The van der Waals surface area contributed by atoms with Crippen LogP contribution >= 0.6 is 0 Å². The van der Waals surface area contributed by atoms with Gasteiger partial charge in [-0.3, -0.25) is 9.59 Å². The second-order valence-electron chi connectivity index (χ2n) is 23.5. The first-order valence-corrected chi connectivity index (χ1v) is 29.4. The quantitative estimate of drug-likeness (QED) is 0.0479. The molecule has 1 unspecified atom stereocenters. The van der Waals surface area contributed by atoms with Crippen LogP contribution in [0, 0.1) is 0 Å². The van der Waals surface area contributed by atoms with Crippen molar-refractivity contribution < 1.29 is 193 Å². The van der Waals surface area contributed by atoms with E-state index in [4.69, 9.17) is 71.1 Å². The third-order valence-corrected chi connectivity index (χ3v) is 17.0. The van der Waals surface area contributed by atoms with Gasteiger partial charge in [-0.05, 0) is 6.92 Å². The van der Waals surface area contributed by atoms with Gasteiger partial charge in [0.2, 0.25) is 11.8 Å². The molecule has 8 aliphatic rings. The second kappa shape index (κ2) is 32.4. The van der Waals surface area contributed by atoms with Gasteiger partial charge in [-0.1, -0.05) is 0 Å². The Hall–Kier alpha value is -2.54. The van der Waals surface area contributed by atoms with E-state index in [-0.39, 0.29) is 0 Å². The molecule has 41 nitrogen and oxygen atoms in total.